The Morgan fingerprint density at radius 2 is 1.95 bits per heavy atom. The number of hydrogen-bond acceptors (Lipinski definition) is 2. The minimum Gasteiger partial charge on any atom is -0.341 e. The standard InChI is InChI=1S/C16H21N3O/c1-12-5-7-14(8-6-12)16(2,3)11-19(4)15(20)13-9-17-18-10-13/h5-10H,11H2,1-4H3,(H,17,18). The smallest absolute Gasteiger partial charge is 0.256 e. The lowest BCUT2D eigenvalue weighted by Gasteiger charge is -2.30. The normalized spacial score (nSPS) is 11.4. The number of amides is 1. The number of carbonyl (C=O) groups excluding carboxylic acids is 1. The maximum atomic E-state index is 12.2. The van der Waals surface area contributed by atoms with E-state index in [-0.39, 0.29) is 11.3 Å². The summed E-state index contributed by atoms with van der Waals surface area (Å²) in [5, 5.41) is 6.49. The van der Waals surface area contributed by atoms with Crippen molar-refractivity contribution in [2.45, 2.75) is 26.2 Å². The van der Waals surface area contributed by atoms with E-state index in [2.05, 4.69) is 55.2 Å². The predicted molar refractivity (Wildman–Crippen MR) is 79.8 cm³/mol. The molecule has 2 rings (SSSR count). The van der Waals surface area contributed by atoms with Crippen molar-refractivity contribution in [3.8, 4) is 0 Å². The second-order valence-electron chi connectivity index (χ2n) is 5.90. The molecule has 0 spiro atoms. The van der Waals surface area contributed by atoms with Gasteiger partial charge in [-0.05, 0) is 12.5 Å². The largest absolute Gasteiger partial charge is 0.341 e. The SMILES string of the molecule is Cc1ccc(C(C)(C)CN(C)C(=O)c2cn[nH]c2)cc1. The van der Waals surface area contributed by atoms with Crippen LogP contribution in [-0.4, -0.2) is 34.6 Å². The zero-order chi connectivity index (χ0) is 14.8. The molecule has 4 heteroatoms. The van der Waals surface area contributed by atoms with Crippen molar-refractivity contribution in [1.82, 2.24) is 15.1 Å². The minimum absolute atomic E-state index is 0.0149. The van der Waals surface area contributed by atoms with Gasteiger partial charge in [0.2, 0.25) is 0 Å². The molecule has 1 heterocycles. The molecule has 1 N–H and O–H groups in total. The molecule has 4 nitrogen and oxygen atoms in total. The summed E-state index contributed by atoms with van der Waals surface area (Å²) in [5.74, 6) is -0.0149. The van der Waals surface area contributed by atoms with Crippen LogP contribution in [0.2, 0.25) is 0 Å². The fourth-order valence-electron chi connectivity index (χ4n) is 2.35. The maximum Gasteiger partial charge on any atom is 0.256 e. The van der Waals surface area contributed by atoms with E-state index < -0.39 is 0 Å². The van der Waals surface area contributed by atoms with Crippen molar-refractivity contribution in [3.63, 3.8) is 0 Å². The number of aromatic amines is 1. The number of likely N-dealkylation sites (N-methyl/N-ethyl adjacent to an activating group) is 1. The van der Waals surface area contributed by atoms with Crippen LogP contribution < -0.4 is 0 Å². The molecule has 0 aliphatic carbocycles. The third-order valence-electron chi connectivity index (χ3n) is 3.56. The molecule has 0 unspecified atom stereocenters. The van der Waals surface area contributed by atoms with Crippen LogP contribution in [0.15, 0.2) is 36.7 Å². The van der Waals surface area contributed by atoms with Crippen molar-refractivity contribution < 1.29 is 4.79 Å². The molecule has 1 aromatic carbocycles. The van der Waals surface area contributed by atoms with Gasteiger partial charge in [-0.3, -0.25) is 9.89 Å². The van der Waals surface area contributed by atoms with Crippen LogP contribution in [0.1, 0.15) is 35.3 Å². The van der Waals surface area contributed by atoms with E-state index in [4.69, 9.17) is 0 Å². The summed E-state index contributed by atoms with van der Waals surface area (Å²) in [5.41, 5.74) is 2.97. The first-order valence-corrected chi connectivity index (χ1v) is 6.71. The first-order valence-electron chi connectivity index (χ1n) is 6.71. The van der Waals surface area contributed by atoms with Crippen molar-refractivity contribution in [1.29, 1.82) is 0 Å². The summed E-state index contributed by atoms with van der Waals surface area (Å²) in [4.78, 5) is 14.0. The average molecular weight is 271 g/mol. The molecule has 0 saturated heterocycles. The number of benzene rings is 1. The Morgan fingerprint density at radius 3 is 2.50 bits per heavy atom. The van der Waals surface area contributed by atoms with Gasteiger partial charge < -0.3 is 4.90 Å². The monoisotopic (exact) mass is 271 g/mol. The minimum atomic E-state index is -0.0954. The van der Waals surface area contributed by atoms with Gasteiger partial charge in [-0.15, -0.1) is 0 Å². The Balaban J connectivity index is 2.11. The van der Waals surface area contributed by atoms with Crippen LogP contribution in [0.3, 0.4) is 0 Å². The lowest BCUT2D eigenvalue weighted by Crippen LogP contribution is -2.38. The summed E-state index contributed by atoms with van der Waals surface area (Å²) < 4.78 is 0. The van der Waals surface area contributed by atoms with Gasteiger partial charge in [-0.2, -0.15) is 5.10 Å². The van der Waals surface area contributed by atoms with Crippen molar-refractivity contribution in [2.75, 3.05) is 13.6 Å². The highest BCUT2D eigenvalue weighted by Gasteiger charge is 2.25. The number of aryl methyl sites for hydroxylation is 1. The highest BCUT2D eigenvalue weighted by molar-refractivity contribution is 5.93. The van der Waals surface area contributed by atoms with E-state index in [9.17, 15) is 4.79 Å². The Morgan fingerprint density at radius 1 is 1.30 bits per heavy atom. The third kappa shape index (κ3) is 3.07. The number of nitrogens with zero attached hydrogens (tertiary/aromatic N) is 2. The number of aromatic nitrogens is 2. The molecule has 0 bridgehead atoms. The maximum absolute atomic E-state index is 12.2. The van der Waals surface area contributed by atoms with E-state index in [1.165, 1.54) is 11.1 Å². The molecule has 0 atom stereocenters. The summed E-state index contributed by atoms with van der Waals surface area (Å²) >= 11 is 0. The van der Waals surface area contributed by atoms with Gasteiger partial charge in [-0.25, -0.2) is 0 Å². The summed E-state index contributed by atoms with van der Waals surface area (Å²) in [7, 11) is 1.82. The molecule has 106 valence electrons. The molecule has 0 aliphatic rings. The van der Waals surface area contributed by atoms with Gasteiger partial charge in [0.25, 0.3) is 5.91 Å². The van der Waals surface area contributed by atoms with E-state index in [0.717, 1.165) is 0 Å². The third-order valence-corrected chi connectivity index (χ3v) is 3.56. The molecule has 0 saturated carbocycles. The second-order valence-corrected chi connectivity index (χ2v) is 5.90. The Labute approximate surface area is 119 Å². The lowest BCUT2D eigenvalue weighted by atomic mass is 9.84. The molecular formula is C16H21N3O. The van der Waals surface area contributed by atoms with Gasteiger partial charge in [0, 0.05) is 25.2 Å². The van der Waals surface area contributed by atoms with Crippen LogP contribution in [0, 0.1) is 6.92 Å². The molecule has 0 aliphatic heterocycles. The first kappa shape index (κ1) is 14.3. The van der Waals surface area contributed by atoms with Crippen molar-refractivity contribution in [3.05, 3.63) is 53.3 Å². The number of hydrogen-bond donors (Lipinski definition) is 1. The second kappa shape index (κ2) is 5.49. The lowest BCUT2D eigenvalue weighted by molar-refractivity contribution is 0.0768. The predicted octanol–water partition coefficient (Wildman–Crippen LogP) is 2.77. The number of nitrogens with one attached hydrogen (secondary N) is 1. The van der Waals surface area contributed by atoms with Crippen molar-refractivity contribution in [2.24, 2.45) is 0 Å². The number of carbonyl (C=O) groups is 1. The van der Waals surface area contributed by atoms with E-state index in [0.29, 0.717) is 12.1 Å². The van der Waals surface area contributed by atoms with E-state index in [1.807, 2.05) is 7.05 Å². The zero-order valence-electron chi connectivity index (χ0n) is 12.5. The van der Waals surface area contributed by atoms with Crippen LogP contribution in [0.25, 0.3) is 0 Å². The van der Waals surface area contributed by atoms with Crippen LogP contribution in [-0.2, 0) is 5.41 Å². The molecule has 1 amide bonds. The highest BCUT2D eigenvalue weighted by atomic mass is 16.2. The van der Waals surface area contributed by atoms with E-state index >= 15 is 0 Å². The Kier molecular flexibility index (Phi) is 3.93. The summed E-state index contributed by atoms with van der Waals surface area (Å²) in [6, 6.07) is 8.47. The quantitative estimate of drug-likeness (QED) is 0.929. The highest BCUT2D eigenvalue weighted by Crippen LogP contribution is 2.24. The Hall–Kier alpha value is -2.10. The summed E-state index contributed by atoms with van der Waals surface area (Å²) in [6.45, 7) is 7.03. The molecule has 2 aromatic rings. The fraction of sp³-hybridized carbons (Fsp3) is 0.375. The average Bonchev–Trinajstić information content (AvgIpc) is 2.91. The van der Waals surface area contributed by atoms with E-state index in [1.54, 1.807) is 17.3 Å². The fourth-order valence-corrected chi connectivity index (χ4v) is 2.35. The van der Waals surface area contributed by atoms with Gasteiger partial charge in [-0.1, -0.05) is 43.7 Å². The molecule has 20 heavy (non-hydrogen) atoms. The molecule has 0 fully saturated rings. The Bertz CT molecular complexity index is 570. The van der Waals surface area contributed by atoms with Crippen LogP contribution >= 0.6 is 0 Å². The topological polar surface area (TPSA) is 49.0 Å². The number of rotatable bonds is 4. The van der Waals surface area contributed by atoms with Crippen LogP contribution in [0.4, 0.5) is 0 Å². The van der Waals surface area contributed by atoms with Crippen LogP contribution in [0.5, 0.6) is 0 Å². The van der Waals surface area contributed by atoms with Gasteiger partial charge in [0.05, 0.1) is 11.8 Å². The summed E-state index contributed by atoms with van der Waals surface area (Å²) in [6.07, 6.45) is 3.18. The van der Waals surface area contributed by atoms with Gasteiger partial charge in [0.1, 0.15) is 0 Å². The van der Waals surface area contributed by atoms with Crippen molar-refractivity contribution >= 4 is 5.91 Å². The molecular weight excluding hydrogens is 250 g/mol. The van der Waals surface area contributed by atoms with Gasteiger partial charge in [0.15, 0.2) is 0 Å². The molecule has 1 aromatic heterocycles. The van der Waals surface area contributed by atoms with Gasteiger partial charge >= 0.3 is 0 Å². The molecule has 0 radical (unpaired) electrons. The zero-order valence-corrected chi connectivity index (χ0v) is 12.5. The number of H-pyrrole nitrogens is 1. The first-order chi connectivity index (χ1) is 9.40.